The fourth-order valence-electron chi connectivity index (χ4n) is 0.0544. The van der Waals surface area contributed by atoms with Gasteiger partial charge in [0.2, 0.25) is 0 Å². The number of hydrogen-bond acceptors (Lipinski definition) is 5. The maximum absolute atomic E-state index is 9.34. The predicted molar refractivity (Wildman–Crippen MR) is 7.44 cm³/mol. The van der Waals surface area contributed by atoms with E-state index in [1.807, 2.05) is 0 Å². The molecule has 0 radical (unpaired) electrons. The first-order valence-corrected chi connectivity index (χ1v) is 4.52. The Morgan fingerprint density at radius 1 is 0.875 bits per heavy atom. The van der Waals surface area contributed by atoms with E-state index < -0.39 is 30.8 Å². The first-order valence-electron chi connectivity index (χ1n) is 1.10. The fourth-order valence-corrected chi connectivity index (χ4v) is 0.925. The molecule has 0 aliphatic carbocycles. The minimum atomic E-state index is -3.84. The van der Waals surface area contributed by atoms with Crippen LogP contribution in [0.4, 0.5) is 0 Å². The van der Waals surface area contributed by atoms with E-state index >= 15 is 0 Å². The van der Waals surface area contributed by atoms with Gasteiger partial charge in [-0.15, -0.1) is 0 Å². The summed E-state index contributed by atoms with van der Waals surface area (Å²) in [5, 5.41) is 0. The Kier molecular flexibility index (Phi) is 7.55. The Morgan fingerprint density at radius 2 is 1.12 bits per heavy atom. The third kappa shape index (κ3) is 9.56. The molecule has 0 saturated heterocycles. The van der Waals surface area contributed by atoms with E-state index in [0.29, 0.717) is 0 Å². The summed E-state index contributed by atoms with van der Waals surface area (Å²) in [4.78, 5) is 0. The molecule has 0 fully saturated rings. The van der Waals surface area contributed by atoms with Crippen molar-refractivity contribution in [3.8, 4) is 0 Å². The zero-order chi connectivity index (χ0) is 5.86. The molecule has 0 amide bonds. The monoisotopic (exact) mass is 200 g/mol. The summed E-state index contributed by atoms with van der Waals surface area (Å²) in [6, 6.07) is 0. The van der Waals surface area contributed by atoms with Gasteiger partial charge in [-0.2, -0.15) is 0 Å². The Morgan fingerprint density at radius 3 is 1.12 bits per heavy atom. The second-order valence-electron chi connectivity index (χ2n) is 0.529. The van der Waals surface area contributed by atoms with Gasteiger partial charge in [0.15, 0.2) is 0 Å². The van der Waals surface area contributed by atoms with E-state index in [1.165, 1.54) is 0 Å². The van der Waals surface area contributed by atoms with Gasteiger partial charge >= 0.3 is 48.1 Å². The summed E-state index contributed by atoms with van der Waals surface area (Å²) in [5.41, 5.74) is 0. The van der Waals surface area contributed by atoms with Gasteiger partial charge in [-0.25, -0.2) is 0 Å². The van der Waals surface area contributed by atoms with Crippen molar-refractivity contribution in [3.05, 3.63) is 0 Å². The first kappa shape index (κ1) is 11.1. The van der Waals surface area contributed by atoms with Crippen LogP contribution in [0.25, 0.3) is 0 Å². The molecule has 0 aromatic carbocycles. The quantitative estimate of drug-likeness (QED) is 0.545. The second-order valence-corrected chi connectivity index (χ2v) is 3.23. The molecule has 6 nitrogen and oxygen atoms in total. The van der Waals surface area contributed by atoms with Crippen molar-refractivity contribution in [1.82, 2.24) is 0 Å². The molecular weight excluding hydrogens is 198 g/mol. The van der Waals surface area contributed by atoms with Crippen molar-refractivity contribution in [2.45, 2.75) is 0 Å². The van der Waals surface area contributed by atoms with Gasteiger partial charge in [0, 0.05) is 0 Å². The van der Waals surface area contributed by atoms with Gasteiger partial charge in [0.05, 0.1) is 0 Å². The van der Waals surface area contributed by atoms with Crippen LogP contribution in [0.1, 0.15) is 0 Å². The minimum absolute atomic E-state index is 0. The molecule has 0 rings (SSSR count). The third-order valence-electron chi connectivity index (χ3n) is 0.133. The molecular formula is H2O6V2. The summed E-state index contributed by atoms with van der Waals surface area (Å²) in [5.74, 6) is 0. The molecule has 8 heavy (non-hydrogen) atoms. The Labute approximate surface area is 53.9 Å². The Balaban J connectivity index is 0. The van der Waals surface area contributed by atoms with E-state index in [0.717, 1.165) is 0 Å². The maximum atomic E-state index is 9.34. The average Bonchev–Trinajstić information content (AvgIpc) is 1.27. The average molecular weight is 200 g/mol. The zero-order valence-corrected chi connectivity index (χ0v) is 6.23. The summed E-state index contributed by atoms with van der Waals surface area (Å²) < 4.78 is 40.7. The molecule has 8 heteroatoms. The van der Waals surface area contributed by atoms with Gasteiger partial charge in [0.1, 0.15) is 0 Å². The van der Waals surface area contributed by atoms with Gasteiger partial charge < -0.3 is 5.48 Å². The standard InChI is InChI=1S/H2O.5O.2V/h1H2;;;;;;;. The van der Waals surface area contributed by atoms with Gasteiger partial charge in [-0.05, 0) is 0 Å². The topological polar surface area (TPSA) is 109 Å². The van der Waals surface area contributed by atoms with E-state index in [9.17, 15) is 14.7 Å². The van der Waals surface area contributed by atoms with Gasteiger partial charge in [-0.3, -0.25) is 0 Å². The van der Waals surface area contributed by atoms with Crippen molar-refractivity contribution < 1.29 is 53.6 Å². The van der Waals surface area contributed by atoms with E-state index in [4.69, 9.17) is 0 Å². The van der Waals surface area contributed by atoms with E-state index in [-0.39, 0.29) is 5.48 Å². The molecule has 0 spiro atoms. The molecule has 0 heterocycles. The van der Waals surface area contributed by atoms with Crippen molar-refractivity contribution in [1.29, 1.82) is 0 Å². The van der Waals surface area contributed by atoms with Crippen LogP contribution in [0, 0.1) is 0 Å². The van der Waals surface area contributed by atoms with Crippen molar-refractivity contribution >= 4 is 0 Å². The first-order chi connectivity index (χ1) is 3.13. The van der Waals surface area contributed by atoms with Crippen LogP contribution in [0.2, 0.25) is 0 Å². The Bertz CT molecular complexity index is 135. The van der Waals surface area contributed by atoms with Crippen molar-refractivity contribution in [3.63, 3.8) is 0 Å². The van der Waals surface area contributed by atoms with Crippen LogP contribution < -0.4 is 0 Å². The van der Waals surface area contributed by atoms with Crippen LogP contribution in [-0.2, 0) is 48.1 Å². The Hall–Kier alpha value is 0.289. The van der Waals surface area contributed by atoms with Crippen LogP contribution in [0.5, 0.6) is 0 Å². The summed E-state index contributed by atoms with van der Waals surface area (Å²) in [6.45, 7) is 0. The zero-order valence-electron chi connectivity index (χ0n) is 3.44. The van der Waals surface area contributed by atoms with Crippen molar-refractivity contribution in [2.75, 3.05) is 0 Å². The normalized spacial score (nSPS) is 7.00. The summed E-state index contributed by atoms with van der Waals surface area (Å²) in [6.07, 6.45) is 0. The molecule has 0 saturated carbocycles. The molecule has 0 aromatic heterocycles. The molecule has 0 aliphatic rings. The van der Waals surface area contributed by atoms with Crippen LogP contribution in [-0.4, -0.2) is 5.48 Å². The van der Waals surface area contributed by atoms with Gasteiger partial charge in [0.25, 0.3) is 0 Å². The van der Waals surface area contributed by atoms with E-state index in [1.54, 1.807) is 0 Å². The molecule has 2 N–H and O–H groups in total. The molecule has 0 bridgehead atoms. The molecule has 48 valence electrons. The molecule has 0 unspecified atom stereocenters. The van der Waals surface area contributed by atoms with Crippen LogP contribution in [0.3, 0.4) is 0 Å². The fraction of sp³-hybridized carbons (Fsp3) is 0. The second kappa shape index (κ2) is 5.43. The predicted octanol–water partition coefficient (Wildman–Crippen LogP) is -1.37. The van der Waals surface area contributed by atoms with E-state index in [2.05, 4.69) is 2.59 Å². The third-order valence-corrected chi connectivity index (χ3v) is 2.27. The summed E-state index contributed by atoms with van der Waals surface area (Å²) >= 11 is -7.69. The number of rotatable bonds is 2. The SMILES string of the molecule is O.[O]=[V](=[O])[O][V](=[O])=[O]. The van der Waals surface area contributed by atoms with Crippen LogP contribution >= 0.6 is 0 Å². The molecule has 0 aliphatic heterocycles. The molecule has 0 aromatic rings. The summed E-state index contributed by atoms with van der Waals surface area (Å²) in [7, 11) is 0. The number of hydrogen-bond donors (Lipinski definition) is 0. The van der Waals surface area contributed by atoms with Crippen molar-refractivity contribution in [2.24, 2.45) is 0 Å². The van der Waals surface area contributed by atoms with Gasteiger partial charge in [-0.1, -0.05) is 0 Å². The van der Waals surface area contributed by atoms with Crippen LogP contribution in [0.15, 0.2) is 0 Å². The molecule has 0 atom stereocenters.